The minimum Gasteiger partial charge on any atom is -0.485 e. The fraction of sp³-hybridized carbons (Fsp3) is 0.609. The molecule has 0 N–H and O–H groups in total. The van der Waals surface area contributed by atoms with Gasteiger partial charge in [0.1, 0.15) is 12.1 Å². The van der Waals surface area contributed by atoms with Gasteiger partial charge in [-0.25, -0.2) is 0 Å². The number of benzene rings is 1. The molecule has 0 spiro atoms. The van der Waals surface area contributed by atoms with Crippen LogP contribution in [0.25, 0.3) is 0 Å². The smallest absolute Gasteiger partial charge is 0.267 e. The van der Waals surface area contributed by atoms with E-state index in [1.165, 1.54) is 0 Å². The standard InChI is InChI=1S/C23H30N4O4/c1-25(23(17-24)9-5-2-6-10-23)21(28)15-26-11-13-27(14-12-26)22(29)20-16-30-18-7-3-4-8-19(18)31-20/h3-4,7-8,20H,2,5-6,9-16H2,1H3/t20-/m1/s1. The minimum absolute atomic E-state index is 0.0242. The van der Waals surface area contributed by atoms with Crippen molar-refractivity contribution in [1.82, 2.24) is 14.7 Å². The number of carbonyl (C=O) groups is 2. The van der Waals surface area contributed by atoms with E-state index in [9.17, 15) is 14.9 Å². The van der Waals surface area contributed by atoms with Gasteiger partial charge < -0.3 is 19.3 Å². The highest BCUT2D eigenvalue weighted by Gasteiger charge is 2.39. The van der Waals surface area contributed by atoms with E-state index in [2.05, 4.69) is 11.0 Å². The van der Waals surface area contributed by atoms with E-state index in [1.807, 2.05) is 18.2 Å². The van der Waals surface area contributed by atoms with Gasteiger partial charge in [-0.1, -0.05) is 31.4 Å². The number of fused-ring (bicyclic) bond motifs is 1. The summed E-state index contributed by atoms with van der Waals surface area (Å²) in [5.41, 5.74) is -0.665. The van der Waals surface area contributed by atoms with Crippen molar-refractivity contribution in [3.63, 3.8) is 0 Å². The highest BCUT2D eigenvalue weighted by molar-refractivity contribution is 5.82. The predicted octanol–water partition coefficient (Wildman–Crippen LogP) is 1.66. The fourth-order valence-electron chi connectivity index (χ4n) is 4.67. The Balaban J connectivity index is 1.27. The zero-order chi connectivity index (χ0) is 21.8. The summed E-state index contributed by atoms with van der Waals surface area (Å²) in [5, 5.41) is 9.72. The van der Waals surface area contributed by atoms with E-state index in [4.69, 9.17) is 9.47 Å². The fourth-order valence-corrected chi connectivity index (χ4v) is 4.67. The van der Waals surface area contributed by atoms with Crippen LogP contribution in [0.4, 0.5) is 0 Å². The van der Waals surface area contributed by atoms with Crippen molar-refractivity contribution in [1.29, 1.82) is 5.26 Å². The van der Waals surface area contributed by atoms with Gasteiger partial charge in [0.15, 0.2) is 11.5 Å². The van der Waals surface area contributed by atoms with Crippen LogP contribution in [-0.2, 0) is 9.59 Å². The van der Waals surface area contributed by atoms with Crippen LogP contribution in [0.2, 0.25) is 0 Å². The van der Waals surface area contributed by atoms with Gasteiger partial charge >= 0.3 is 0 Å². The van der Waals surface area contributed by atoms with Crippen molar-refractivity contribution in [3.8, 4) is 17.6 Å². The Morgan fingerprint density at radius 3 is 2.48 bits per heavy atom. The largest absolute Gasteiger partial charge is 0.485 e. The minimum atomic E-state index is -0.665. The topological polar surface area (TPSA) is 86.1 Å². The van der Waals surface area contributed by atoms with Crippen LogP contribution in [0.15, 0.2) is 24.3 Å². The van der Waals surface area contributed by atoms with Gasteiger partial charge in [0, 0.05) is 33.2 Å². The molecule has 1 saturated carbocycles. The summed E-state index contributed by atoms with van der Waals surface area (Å²) in [6, 6.07) is 9.76. The number of rotatable bonds is 4. The number of piperazine rings is 1. The lowest BCUT2D eigenvalue weighted by Crippen LogP contribution is -2.57. The lowest BCUT2D eigenvalue weighted by Gasteiger charge is -2.41. The zero-order valence-electron chi connectivity index (χ0n) is 18.1. The van der Waals surface area contributed by atoms with Gasteiger partial charge in [0.2, 0.25) is 12.0 Å². The lowest BCUT2D eigenvalue weighted by atomic mass is 9.81. The second-order valence-corrected chi connectivity index (χ2v) is 8.62. The molecule has 3 aliphatic rings. The van der Waals surface area contributed by atoms with Crippen LogP contribution in [0.1, 0.15) is 32.1 Å². The number of amides is 2. The monoisotopic (exact) mass is 426 g/mol. The number of hydrogen-bond donors (Lipinski definition) is 0. The Kier molecular flexibility index (Phi) is 6.33. The van der Waals surface area contributed by atoms with Crippen LogP contribution in [0.3, 0.4) is 0 Å². The van der Waals surface area contributed by atoms with Crippen LogP contribution in [0, 0.1) is 11.3 Å². The molecule has 0 aromatic heterocycles. The summed E-state index contributed by atoms with van der Waals surface area (Å²) >= 11 is 0. The maximum atomic E-state index is 12.9. The maximum Gasteiger partial charge on any atom is 0.267 e. The molecular formula is C23H30N4O4. The summed E-state index contributed by atoms with van der Waals surface area (Å²) < 4.78 is 11.5. The lowest BCUT2D eigenvalue weighted by molar-refractivity contribution is -0.143. The third kappa shape index (κ3) is 4.47. The highest BCUT2D eigenvalue weighted by atomic mass is 16.6. The molecule has 2 amide bonds. The van der Waals surface area contributed by atoms with Crippen LogP contribution < -0.4 is 9.47 Å². The number of nitrogens with zero attached hydrogens (tertiary/aromatic N) is 4. The summed E-state index contributed by atoms with van der Waals surface area (Å²) in [6.45, 7) is 2.81. The van der Waals surface area contributed by atoms with Crippen molar-refractivity contribution in [3.05, 3.63) is 24.3 Å². The van der Waals surface area contributed by atoms with Crippen molar-refractivity contribution in [2.45, 2.75) is 43.7 Å². The molecular weight excluding hydrogens is 396 g/mol. The molecule has 31 heavy (non-hydrogen) atoms. The van der Waals surface area contributed by atoms with Crippen molar-refractivity contribution < 1.29 is 19.1 Å². The van der Waals surface area contributed by atoms with Crippen LogP contribution in [0.5, 0.6) is 11.5 Å². The molecule has 1 saturated heterocycles. The Morgan fingerprint density at radius 2 is 1.81 bits per heavy atom. The van der Waals surface area contributed by atoms with Crippen molar-refractivity contribution >= 4 is 11.8 Å². The number of ether oxygens (including phenoxy) is 2. The van der Waals surface area contributed by atoms with Crippen LogP contribution >= 0.6 is 0 Å². The Morgan fingerprint density at radius 1 is 1.13 bits per heavy atom. The number of likely N-dealkylation sites (N-methyl/N-ethyl adjacent to an activating group) is 1. The van der Waals surface area contributed by atoms with Crippen LogP contribution in [-0.4, -0.2) is 84.5 Å². The first-order chi connectivity index (χ1) is 15.0. The first-order valence-electron chi connectivity index (χ1n) is 11.1. The molecule has 0 unspecified atom stereocenters. The average Bonchev–Trinajstić information content (AvgIpc) is 2.83. The van der Waals surface area contributed by atoms with Gasteiger partial charge in [-0.15, -0.1) is 0 Å². The van der Waals surface area contributed by atoms with E-state index in [1.54, 1.807) is 22.9 Å². The molecule has 0 bridgehead atoms. The first kappa shape index (κ1) is 21.4. The molecule has 0 radical (unpaired) electrons. The average molecular weight is 427 g/mol. The summed E-state index contributed by atoms with van der Waals surface area (Å²) in [4.78, 5) is 31.3. The summed E-state index contributed by atoms with van der Waals surface area (Å²) in [7, 11) is 1.76. The molecule has 1 atom stereocenters. The second kappa shape index (κ2) is 9.15. The normalized spacial score (nSPS) is 23.0. The third-order valence-corrected chi connectivity index (χ3v) is 6.73. The Labute approximate surface area is 183 Å². The SMILES string of the molecule is CN(C(=O)CN1CCN(C(=O)[C@H]2COc3ccccc3O2)CC1)C1(C#N)CCCCC1. The number of hydrogen-bond acceptors (Lipinski definition) is 6. The summed E-state index contributed by atoms with van der Waals surface area (Å²) in [5.74, 6) is 1.15. The van der Waals surface area contributed by atoms with Crippen molar-refractivity contribution in [2.24, 2.45) is 0 Å². The number of carbonyl (C=O) groups excluding carboxylic acids is 2. The molecule has 166 valence electrons. The molecule has 8 heteroatoms. The maximum absolute atomic E-state index is 12.9. The Bertz CT molecular complexity index is 853. The van der Waals surface area contributed by atoms with Gasteiger partial charge in [0.05, 0.1) is 12.6 Å². The van der Waals surface area contributed by atoms with E-state index in [0.29, 0.717) is 37.7 Å². The van der Waals surface area contributed by atoms with Gasteiger partial charge in [0.25, 0.3) is 5.91 Å². The van der Waals surface area contributed by atoms with E-state index in [0.717, 1.165) is 32.1 Å². The zero-order valence-corrected chi connectivity index (χ0v) is 18.1. The molecule has 2 aliphatic heterocycles. The molecule has 8 nitrogen and oxygen atoms in total. The van der Waals surface area contributed by atoms with Crippen molar-refractivity contribution in [2.75, 3.05) is 46.4 Å². The first-order valence-corrected chi connectivity index (χ1v) is 11.1. The third-order valence-electron chi connectivity index (χ3n) is 6.73. The van der Waals surface area contributed by atoms with E-state index in [-0.39, 0.29) is 25.0 Å². The molecule has 1 aromatic carbocycles. The van der Waals surface area contributed by atoms with E-state index < -0.39 is 11.6 Å². The summed E-state index contributed by atoms with van der Waals surface area (Å²) in [6.07, 6.45) is 3.97. The number of para-hydroxylation sites is 2. The predicted molar refractivity (Wildman–Crippen MR) is 114 cm³/mol. The number of nitriles is 1. The quantitative estimate of drug-likeness (QED) is 0.728. The molecule has 2 fully saturated rings. The second-order valence-electron chi connectivity index (χ2n) is 8.62. The molecule has 4 rings (SSSR count). The van der Waals surface area contributed by atoms with Gasteiger partial charge in [-0.2, -0.15) is 5.26 Å². The van der Waals surface area contributed by atoms with E-state index >= 15 is 0 Å². The molecule has 2 heterocycles. The highest BCUT2D eigenvalue weighted by Crippen LogP contribution is 2.33. The molecule has 1 aromatic rings. The van der Waals surface area contributed by atoms with Gasteiger partial charge in [-0.05, 0) is 25.0 Å². The van der Waals surface area contributed by atoms with Gasteiger partial charge in [-0.3, -0.25) is 14.5 Å². The Hall–Kier alpha value is -2.79. The molecule has 1 aliphatic carbocycles.